The summed E-state index contributed by atoms with van der Waals surface area (Å²) in [6.07, 6.45) is 1.11. The molecule has 2 N–H and O–H groups in total. The SMILES string of the molecule is CCCNCc1cccc(Cl)c1N(C)C(C)(C)CO. The second-order valence-corrected chi connectivity index (χ2v) is 5.86. The minimum atomic E-state index is -0.343. The van der Waals surface area contributed by atoms with Gasteiger partial charge in [-0.05, 0) is 38.4 Å². The van der Waals surface area contributed by atoms with Gasteiger partial charge in [-0.1, -0.05) is 30.7 Å². The van der Waals surface area contributed by atoms with Crippen molar-refractivity contribution in [2.75, 3.05) is 25.1 Å². The Bertz CT molecular complexity index is 407. The van der Waals surface area contributed by atoms with Crippen molar-refractivity contribution in [1.29, 1.82) is 0 Å². The molecule has 0 unspecified atom stereocenters. The molecule has 0 saturated carbocycles. The van der Waals surface area contributed by atoms with Gasteiger partial charge < -0.3 is 15.3 Å². The number of nitrogens with one attached hydrogen (secondary N) is 1. The molecule has 0 fully saturated rings. The van der Waals surface area contributed by atoms with Crippen LogP contribution in [0.1, 0.15) is 32.8 Å². The standard InChI is InChI=1S/C15H25ClN2O/c1-5-9-17-10-12-7-6-8-13(16)14(12)18(4)15(2,3)11-19/h6-8,17,19H,5,9-11H2,1-4H3. The van der Waals surface area contributed by atoms with Crippen LogP contribution < -0.4 is 10.2 Å². The van der Waals surface area contributed by atoms with E-state index in [1.54, 1.807) is 0 Å². The fourth-order valence-electron chi connectivity index (χ4n) is 1.89. The summed E-state index contributed by atoms with van der Waals surface area (Å²) >= 11 is 6.35. The second-order valence-electron chi connectivity index (χ2n) is 5.45. The minimum absolute atomic E-state index is 0.0799. The van der Waals surface area contributed by atoms with Crippen LogP contribution in [0.3, 0.4) is 0 Å². The van der Waals surface area contributed by atoms with Crippen LogP contribution in [0.25, 0.3) is 0 Å². The van der Waals surface area contributed by atoms with E-state index in [2.05, 4.69) is 23.2 Å². The first kappa shape index (κ1) is 16.3. The lowest BCUT2D eigenvalue weighted by Gasteiger charge is -2.37. The number of aliphatic hydroxyl groups is 1. The molecule has 0 heterocycles. The van der Waals surface area contributed by atoms with E-state index in [0.29, 0.717) is 0 Å². The zero-order valence-corrected chi connectivity index (χ0v) is 13.1. The van der Waals surface area contributed by atoms with Gasteiger partial charge in [0.05, 0.1) is 22.9 Å². The molecule has 0 amide bonds. The van der Waals surface area contributed by atoms with Crippen molar-refractivity contribution in [2.45, 2.75) is 39.3 Å². The molecule has 0 saturated heterocycles. The molecule has 0 aromatic heterocycles. The Balaban J connectivity index is 3.03. The van der Waals surface area contributed by atoms with Gasteiger partial charge in [-0.25, -0.2) is 0 Å². The molecule has 0 radical (unpaired) electrons. The van der Waals surface area contributed by atoms with Gasteiger partial charge in [0, 0.05) is 13.6 Å². The predicted molar refractivity (Wildman–Crippen MR) is 83.0 cm³/mol. The van der Waals surface area contributed by atoms with Crippen LogP contribution in [-0.2, 0) is 6.54 Å². The molecule has 0 atom stereocenters. The molecular formula is C15H25ClN2O. The van der Waals surface area contributed by atoms with E-state index in [1.165, 1.54) is 0 Å². The highest BCUT2D eigenvalue weighted by Crippen LogP contribution is 2.33. The number of likely N-dealkylation sites (N-methyl/N-ethyl adjacent to an activating group) is 1. The molecular weight excluding hydrogens is 260 g/mol. The number of hydrogen-bond acceptors (Lipinski definition) is 3. The summed E-state index contributed by atoms with van der Waals surface area (Å²) in [4.78, 5) is 2.05. The fraction of sp³-hybridized carbons (Fsp3) is 0.600. The highest BCUT2D eigenvalue weighted by Gasteiger charge is 2.26. The van der Waals surface area contributed by atoms with E-state index in [0.717, 1.165) is 35.8 Å². The van der Waals surface area contributed by atoms with Gasteiger partial charge in [0.25, 0.3) is 0 Å². The van der Waals surface area contributed by atoms with Crippen molar-refractivity contribution in [1.82, 2.24) is 5.32 Å². The van der Waals surface area contributed by atoms with Crippen molar-refractivity contribution >= 4 is 17.3 Å². The van der Waals surface area contributed by atoms with E-state index in [4.69, 9.17) is 11.6 Å². The Hall–Kier alpha value is -0.770. The highest BCUT2D eigenvalue weighted by molar-refractivity contribution is 6.33. The average Bonchev–Trinajstić information content (AvgIpc) is 2.38. The van der Waals surface area contributed by atoms with Crippen LogP contribution in [0.15, 0.2) is 18.2 Å². The molecule has 0 aliphatic rings. The lowest BCUT2D eigenvalue weighted by Crippen LogP contribution is -2.45. The maximum Gasteiger partial charge on any atom is 0.0658 e. The Morgan fingerprint density at radius 3 is 2.63 bits per heavy atom. The number of aliphatic hydroxyl groups excluding tert-OH is 1. The summed E-state index contributed by atoms with van der Waals surface area (Å²) in [6, 6.07) is 5.94. The number of halogens is 1. The second kappa shape index (κ2) is 7.13. The molecule has 19 heavy (non-hydrogen) atoms. The average molecular weight is 285 g/mol. The van der Waals surface area contributed by atoms with Crippen molar-refractivity contribution in [3.63, 3.8) is 0 Å². The molecule has 108 valence electrons. The minimum Gasteiger partial charge on any atom is -0.394 e. The Morgan fingerprint density at radius 1 is 1.37 bits per heavy atom. The normalized spacial score (nSPS) is 11.7. The summed E-state index contributed by atoms with van der Waals surface area (Å²) in [6.45, 7) is 8.00. The van der Waals surface area contributed by atoms with Crippen molar-refractivity contribution < 1.29 is 5.11 Å². The quantitative estimate of drug-likeness (QED) is 0.756. The third kappa shape index (κ3) is 4.10. The third-order valence-corrected chi connectivity index (χ3v) is 3.75. The van der Waals surface area contributed by atoms with Crippen LogP contribution >= 0.6 is 11.6 Å². The van der Waals surface area contributed by atoms with Gasteiger partial charge in [-0.2, -0.15) is 0 Å². The predicted octanol–water partition coefficient (Wildman–Crippen LogP) is 3.05. The topological polar surface area (TPSA) is 35.5 Å². The number of hydrogen-bond donors (Lipinski definition) is 2. The summed E-state index contributed by atoms with van der Waals surface area (Å²) in [5, 5.41) is 13.6. The first-order valence-electron chi connectivity index (χ1n) is 6.76. The van der Waals surface area contributed by atoms with E-state index in [-0.39, 0.29) is 12.1 Å². The molecule has 1 rings (SSSR count). The number of para-hydroxylation sites is 1. The Kier molecular flexibility index (Phi) is 6.11. The van der Waals surface area contributed by atoms with Gasteiger partial charge in [0.1, 0.15) is 0 Å². The monoisotopic (exact) mass is 284 g/mol. The highest BCUT2D eigenvalue weighted by atomic mass is 35.5. The molecule has 3 nitrogen and oxygen atoms in total. The van der Waals surface area contributed by atoms with Gasteiger partial charge in [0.2, 0.25) is 0 Å². The molecule has 0 aliphatic heterocycles. The fourth-order valence-corrected chi connectivity index (χ4v) is 2.21. The van der Waals surface area contributed by atoms with Crippen molar-refractivity contribution in [3.8, 4) is 0 Å². The summed E-state index contributed by atoms with van der Waals surface area (Å²) in [7, 11) is 1.97. The van der Waals surface area contributed by atoms with Gasteiger partial charge in [-0.15, -0.1) is 0 Å². The van der Waals surface area contributed by atoms with Gasteiger partial charge >= 0.3 is 0 Å². The van der Waals surface area contributed by atoms with Crippen LogP contribution in [-0.4, -0.2) is 30.8 Å². The first-order chi connectivity index (χ1) is 8.94. The third-order valence-electron chi connectivity index (χ3n) is 3.44. The summed E-state index contributed by atoms with van der Waals surface area (Å²) in [5.74, 6) is 0. The molecule has 0 aliphatic carbocycles. The molecule has 4 heteroatoms. The van der Waals surface area contributed by atoms with Crippen LogP contribution in [0.5, 0.6) is 0 Å². The number of benzene rings is 1. The number of anilines is 1. The maximum absolute atomic E-state index is 9.52. The number of nitrogens with zero attached hydrogens (tertiary/aromatic N) is 1. The number of rotatable bonds is 7. The zero-order valence-electron chi connectivity index (χ0n) is 12.3. The van der Waals surface area contributed by atoms with Gasteiger partial charge in [0.15, 0.2) is 0 Å². The van der Waals surface area contributed by atoms with Crippen molar-refractivity contribution in [3.05, 3.63) is 28.8 Å². The smallest absolute Gasteiger partial charge is 0.0658 e. The Labute approximate surface area is 121 Å². The van der Waals surface area contributed by atoms with Crippen LogP contribution in [0, 0.1) is 0 Å². The summed E-state index contributed by atoms with van der Waals surface area (Å²) in [5.41, 5.74) is 1.81. The lowest BCUT2D eigenvalue weighted by molar-refractivity contribution is 0.216. The van der Waals surface area contributed by atoms with Crippen LogP contribution in [0.2, 0.25) is 5.02 Å². The maximum atomic E-state index is 9.52. The van der Waals surface area contributed by atoms with E-state index >= 15 is 0 Å². The first-order valence-corrected chi connectivity index (χ1v) is 7.14. The van der Waals surface area contributed by atoms with Crippen molar-refractivity contribution in [2.24, 2.45) is 0 Å². The summed E-state index contributed by atoms with van der Waals surface area (Å²) < 4.78 is 0. The van der Waals surface area contributed by atoms with Crippen LogP contribution in [0.4, 0.5) is 5.69 Å². The Morgan fingerprint density at radius 2 is 2.05 bits per heavy atom. The zero-order chi connectivity index (χ0) is 14.5. The molecule has 1 aromatic carbocycles. The lowest BCUT2D eigenvalue weighted by atomic mass is 10.0. The molecule has 0 bridgehead atoms. The molecule has 1 aromatic rings. The molecule has 0 spiro atoms. The van der Waals surface area contributed by atoms with E-state index < -0.39 is 0 Å². The largest absolute Gasteiger partial charge is 0.394 e. The van der Waals surface area contributed by atoms with Gasteiger partial charge in [-0.3, -0.25) is 0 Å². The van der Waals surface area contributed by atoms with E-state index in [9.17, 15) is 5.11 Å². The van der Waals surface area contributed by atoms with E-state index in [1.807, 2.05) is 33.0 Å².